The highest BCUT2D eigenvalue weighted by atomic mass is 35.5. The Hall–Kier alpha value is -1.26. The SMILES string of the molecule is CC(C)(C)[Si](C)(C)OC[C@H]1O[C@@H](n2cnc3c(Cl)nc(N)nc32)C[C@H]1O. The van der Waals surface area contributed by atoms with Crippen molar-refractivity contribution in [2.75, 3.05) is 12.3 Å². The number of fused-ring (bicyclic) bond motifs is 1. The van der Waals surface area contributed by atoms with E-state index in [-0.39, 0.29) is 16.1 Å². The second-order valence-electron chi connectivity index (χ2n) is 8.20. The Morgan fingerprint density at radius 3 is 2.77 bits per heavy atom. The zero-order valence-corrected chi connectivity index (χ0v) is 17.5. The molecular weight excluding hydrogens is 374 g/mol. The Kier molecular flexibility index (Phi) is 5.04. The van der Waals surface area contributed by atoms with Crippen molar-refractivity contribution in [2.45, 2.75) is 63.8 Å². The summed E-state index contributed by atoms with van der Waals surface area (Å²) >= 11 is 6.07. The summed E-state index contributed by atoms with van der Waals surface area (Å²) in [6, 6.07) is 0. The molecule has 0 aliphatic carbocycles. The van der Waals surface area contributed by atoms with Crippen LogP contribution in [0.15, 0.2) is 6.33 Å². The number of aliphatic hydroxyl groups is 1. The molecule has 0 bridgehead atoms. The molecule has 1 saturated heterocycles. The maximum Gasteiger partial charge on any atom is 0.223 e. The van der Waals surface area contributed by atoms with Crippen LogP contribution in [0.1, 0.15) is 33.4 Å². The third kappa shape index (κ3) is 3.59. The molecule has 3 heterocycles. The molecule has 144 valence electrons. The molecule has 2 aromatic rings. The number of rotatable bonds is 4. The van der Waals surface area contributed by atoms with Crippen molar-refractivity contribution in [1.29, 1.82) is 0 Å². The fraction of sp³-hybridized carbons (Fsp3) is 0.688. The zero-order valence-electron chi connectivity index (χ0n) is 15.7. The van der Waals surface area contributed by atoms with Gasteiger partial charge in [0.05, 0.1) is 19.0 Å². The number of aromatic nitrogens is 4. The summed E-state index contributed by atoms with van der Waals surface area (Å²) in [7, 11) is -1.91. The van der Waals surface area contributed by atoms with E-state index in [1.807, 2.05) is 0 Å². The molecule has 0 radical (unpaired) electrons. The lowest BCUT2D eigenvalue weighted by molar-refractivity contribution is -0.0405. The summed E-state index contributed by atoms with van der Waals surface area (Å²) in [4.78, 5) is 12.3. The fourth-order valence-electron chi connectivity index (χ4n) is 2.65. The van der Waals surface area contributed by atoms with E-state index in [0.29, 0.717) is 24.2 Å². The molecule has 26 heavy (non-hydrogen) atoms. The molecule has 0 saturated carbocycles. The van der Waals surface area contributed by atoms with Gasteiger partial charge in [0.1, 0.15) is 17.8 Å². The van der Waals surface area contributed by atoms with Crippen LogP contribution in [0.3, 0.4) is 0 Å². The molecule has 10 heteroatoms. The third-order valence-electron chi connectivity index (χ3n) is 5.33. The van der Waals surface area contributed by atoms with E-state index in [2.05, 4.69) is 48.8 Å². The second kappa shape index (κ2) is 6.72. The average molecular weight is 400 g/mol. The Balaban J connectivity index is 1.75. The number of nitrogens with two attached hydrogens (primary N) is 1. The monoisotopic (exact) mass is 399 g/mol. The molecule has 0 spiro atoms. The fourth-order valence-corrected chi connectivity index (χ4v) is 3.89. The summed E-state index contributed by atoms with van der Waals surface area (Å²) < 4.78 is 14.0. The van der Waals surface area contributed by atoms with Crippen molar-refractivity contribution < 1.29 is 14.3 Å². The van der Waals surface area contributed by atoms with Crippen LogP contribution in [0.2, 0.25) is 23.3 Å². The minimum atomic E-state index is -1.91. The van der Waals surface area contributed by atoms with E-state index in [1.165, 1.54) is 0 Å². The lowest BCUT2D eigenvalue weighted by Crippen LogP contribution is -2.43. The van der Waals surface area contributed by atoms with Crippen LogP contribution >= 0.6 is 11.6 Å². The Labute approximate surface area is 158 Å². The largest absolute Gasteiger partial charge is 0.414 e. The van der Waals surface area contributed by atoms with E-state index in [4.69, 9.17) is 26.5 Å². The first-order valence-electron chi connectivity index (χ1n) is 8.62. The molecule has 3 rings (SSSR count). The summed E-state index contributed by atoms with van der Waals surface area (Å²) in [5, 5.41) is 10.7. The number of anilines is 1. The van der Waals surface area contributed by atoms with Crippen LogP contribution in [0, 0.1) is 0 Å². The number of hydrogen-bond donors (Lipinski definition) is 2. The quantitative estimate of drug-likeness (QED) is 0.600. The molecule has 0 amide bonds. The van der Waals surface area contributed by atoms with Gasteiger partial charge in [-0.1, -0.05) is 32.4 Å². The third-order valence-corrected chi connectivity index (χ3v) is 10.1. The van der Waals surface area contributed by atoms with Crippen LogP contribution in [-0.4, -0.2) is 51.8 Å². The van der Waals surface area contributed by atoms with E-state index in [0.717, 1.165) is 0 Å². The number of imidazole rings is 1. The van der Waals surface area contributed by atoms with Crippen molar-refractivity contribution >= 4 is 37.0 Å². The lowest BCUT2D eigenvalue weighted by Gasteiger charge is -2.37. The minimum Gasteiger partial charge on any atom is -0.414 e. The molecule has 0 aromatic carbocycles. The zero-order chi connectivity index (χ0) is 19.3. The van der Waals surface area contributed by atoms with Crippen LogP contribution in [0.4, 0.5) is 5.95 Å². The van der Waals surface area contributed by atoms with Crippen LogP contribution in [0.25, 0.3) is 11.2 Å². The normalized spacial score (nSPS) is 24.5. The molecule has 1 aliphatic heterocycles. The number of hydrogen-bond acceptors (Lipinski definition) is 7. The van der Waals surface area contributed by atoms with E-state index in [1.54, 1.807) is 10.9 Å². The molecule has 1 aliphatic rings. The predicted octanol–water partition coefficient (Wildman–Crippen LogP) is 2.73. The molecule has 3 atom stereocenters. The second-order valence-corrected chi connectivity index (χ2v) is 13.4. The number of nitrogens with zero attached hydrogens (tertiary/aromatic N) is 4. The standard InChI is InChI=1S/C16H26ClN5O3Si/c1-16(2,3)26(4,5)24-7-10-9(23)6-11(25-10)22-8-19-12-13(17)20-15(18)21-14(12)22/h8-11,23H,6-7H2,1-5H3,(H2,18,20,21)/t9-,10-,11-/m1/s1. The number of aliphatic hydroxyl groups excluding tert-OH is 1. The van der Waals surface area contributed by atoms with Gasteiger partial charge in [0.25, 0.3) is 0 Å². The molecule has 8 nitrogen and oxygen atoms in total. The Morgan fingerprint density at radius 1 is 1.42 bits per heavy atom. The summed E-state index contributed by atoms with van der Waals surface area (Å²) in [5.74, 6) is 0.0700. The smallest absolute Gasteiger partial charge is 0.223 e. The predicted molar refractivity (Wildman–Crippen MR) is 102 cm³/mol. The van der Waals surface area contributed by atoms with Crippen LogP contribution in [-0.2, 0) is 9.16 Å². The van der Waals surface area contributed by atoms with Crippen LogP contribution in [0.5, 0.6) is 0 Å². The first kappa shape index (κ1) is 19.5. The number of ether oxygens (including phenoxy) is 1. The highest BCUT2D eigenvalue weighted by molar-refractivity contribution is 6.74. The summed E-state index contributed by atoms with van der Waals surface area (Å²) in [6.45, 7) is 11.3. The summed E-state index contributed by atoms with van der Waals surface area (Å²) in [6.07, 6.45) is 0.559. The lowest BCUT2D eigenvalue weighted by atomic mass is 10.2. The van der Waals surface area contributed by atoms with Gasteiger partial charge in [0.15, 0.2) is 19.1 Å². The Morgan fingerprint density at radius 2 is 2.12 bits per heavy atom. The average Bonchev–Trinajstić information content (AvgIpc) is 3.07. The maximum absolute atomic E-state index is 10.4. The van der Waals surface area contributed by atoms with Crippen molar-refractivity contribution in [2.24, 2.45) is 0 Å². The molecule has 1 fully saturated rings. The molecule has 0 unspecified atom stereocenters. The topological polar surface area (TPSA) is 108 Å². The summed E-state index contributed by atoms with van der Waals surface area (Å²) in [5.41, 5.74) is 6.64. The van der Waals surface area contributed by atoms with Gasteiger partial charge in [-0.3, -0.25) is 4.57 Å². The van der Waals surface area contributed by atoms with Gasteiger partial charge in [-0.05, 0) is 18.1 Å². The van der Waals surface area contributed by atoms with Gasteiger partial charge in [0.2, 0.25) is 5.95 Å². The van der Waals surface area contributed by atoms with Gasteiger partial charge >= 0.3 is 0 Å². The van der Waals surface area contributed by atoms with Gasteiger partial charge in [-0.15, -0.1) is 0 Å². The van der Waals surface area contributed by atoms with Crippen molar-refractivity contribution in [3.8, 4) is 0 Å². The number of halogens is 1. The van der Waals surface area contributed by atoms with Gasteiger partial charge in [0, 0.05) is 6.42 Å². The van der Waals surface area contributed by atoms with Crippen molar-refractivity contribution in [3.63, 3.8) is 0 Å². The van der Waals surface area contributed by atoms with Gasteiger partial charge in [-0.25, -0.2) is 4.98 Å². The van der Waals surface area contributed by atoms with Crippen molar-refractivity contribution in [1.82, 2.24) is 19.5 Å². The molecular formula is C16H26ClN5O3Si. The van der Waals surface area contributed by atoms with E-state index in [9.17, 15) is 5.11 Å². The van der Waals surface area contributed by atoms with E-state index < -0.39 is 26.8 Å². The van der Waals surface area contributed by atoms with Crippen molar-refractivity contribution in [3.05, 3.63) is 11.5 Å². The molecule has 2 aromatic heterocycles. The minimum absolute atomic E-state index is 0.0700. The highest BCUT2D eigenvalue weighted by Gasteiger charge is 2.41. The maximum atomic E-state index is 10.4. The highest BCUT2D eigenvalue weighted by Crippen LogP contribution is 2.38. The number of nitrogen functional groups attached to an aromatic ring is 1. The van der Waals surface area contributed by atoms with Crippen LogP contribution < -0.4 is 5.73 Å². The van der Waals surface area contributed by atoms with Gasteiger partial charge in [-0.2, -0.15) is 9.97 Å². The van der Waals surface area contributed by atoms with Gasteiger partial charge < -0.3 is 20.0 Å². The van der Waals surface area contributed by atoms with E-state index >= 15 is 0 Å². The molecule has 3 N–H and O–H groups in total. The first-order chi connectivity index (χ1) is 12.0. The Bertz CT molecular complexity index is 807. The first-order valence-corrected chi connectivity index (χ1v) is 11.9.